The summed E-state index contributed by atoms with van der Waals surface area (Å²) in [5.41, 5.74) is 2.18. The van der Waals surface area contributed by atoms with Crippen molar-refractivity contribution < 1.29 is 9.53 Å². The Balaban J connectivity index is 1.73. The second kappa shape index (κ2) is 7.27. The summed E-state index contributed by atoms with van der Waals surface area (Å²) < 4.78 is 6.73. The van der Waals surface area contributed by atoms with Crippen LogP contribution in [0.1, 0.15) is 15.9 Å². The van der Waals surface area contributed by atoms with Crippen LogP contribution in [0.5, 0.6) is 0 Å². The summed E-state index contributed by atoms with van der Waals surface area (Å²) in [5, 5.41) is 6.84. The van der Waals surface area contributed by atoms with Gasteiger partial charge in [0.05, 0.1) is 31.6 Å². The lowest BCUT2D eigenvalue weighted by Crippen LogP contribution is -2.37. The fraction of sp³-hybridized carbons (Fsp3) is 0.353. The molecule has 1 amide bonds. The van der Waals surface area contributed by atoms with Crippen molar-refractivity contribution in [2.75, 3.05) is 38.3 Å². The number of nitrogens with zero attached hydrogens (tertiary/aromatic N) is 3. The SMILES string of the molecule is CNC(=O)c1ccc(Cn2ncc(N3CCOCC3)cc2=O)cc1. The molecule has 126 valence electrons. The molecule has 2 heterocycles. The maximum Gasteiger partial charge on any atom is 0.269 e. The number of nitrogens with one attached hydrogen (secondary N) is 1. The summed E-state index contributed by atoms with van der Waals surface area (Å²) >= 11 is 0. The van der Waals surface area contributed by atoms with Crippen LogP contribution in [0.2, 0.25) is 0 Å². The minimum atomic E-state index is -0.144. The molecule has 0 spiro atoms. The first-order valence-electron chi connectivity index (χ1n) is 7.88. The van der Waals surface area contributed by atoms with E-state index in [9.17, 15) is 9.59 Å². The third-order valence-electron chi connectivity index (χ3n) is 4.01. The average Bonchev–Trinajstić information content (AvgIpc) is 2.64. The van der Waals surface area contributed by atoms with Crippen molar-refractivity contribution >= 4 is 11.6 Å². The van der Waals surface area contributed by atoms with E-state index in [1.54, 1.807) is 31.4 Å². The predicted octanol–water partition coefficient (Wildman–Crippen LogP) is 0.488. The molecule has 3 rings (SSSR count). The Labute approximate surface area is 139 Å². The highest BCUT2D eigenvalue weighted by Crippen LogP contribution is 2.12. The highest BCUT2D eigenvalue weighted by molar-refractivity contribution is 5.93. The monoisotopic (exact) mass is 328 g/mol. The van der Waals surface area contributed by atoms with Crippen molar-refractivity contribution in [2.24, 2.45) is 0 Å². The number of anilines is 1. The normalized spacial score (nSPS) is 14.5. The number of amides is 1. The van der Waals surface area contributed by atoms with E-state index in [0.29, 0.717) is 25.3 Å². The van der Waals surface area contributed by atoms with E-state index in [2.05, 4.69) is 15.3 Å². The third kappa shape index (κ3) is 3.62. The first kappa shape index (κ1) is 16.2. The van der Waals surface area contributed by atoms with Crippen molar-refractivity contribution in [1.82, 2.24) is 15.1 Å². The minimum absolute atomic E-state index is 0.133. The Bertz CT molecular complexity index is 764. The van der Waals surface area contributed by atoms with Gasteiger partial charge in [0.15, 0.2) is 0 Å². The van der Waals surface area contributed by atoms with Gasteiger partial charge in [-0.25, -0.2) is 4.68 Å². The summed E-state index contributed by atoms with van der Waals surface area (Å²) in [5.74, 6) is -0.133. The Kier molecular flexibility index (Phi) is 4.90. The van der Waals surface area contributed by atoms with E-state index < -0.39 is 0 Å². The van der Waals surface area contributed by atoms with Gasteiger partial charge in [-0.15, -0.1) is 0 Å². The van der Waals surface area contributed by atoms with E-state index in [-0.39, 0.29) is 11.5 Å². The standard InChI is InChI=1S/C17H20N4O3/c1-18-17(23)14-4-2-13(3-5-14)12-21-16(22)10-15(11-19-21)20-6-8-24-9-7-20/h2-5,10-11H,6-9,12H2,1H3,(H,18,23). The van der Waals surface area contributed by atoms with Crippen molar-refractivity contribution in [3.05, 3.63) is 58.0 Å². The van der Waals surface area contributed by atoms with Crippen LogP contribution < -0.4 is 15.8 Å². The molecule has 24 heavy (non-hydrogen) atoms. The molecule has 1 aromatic heterocycles. The number of benzene rings is 1. The summed E-state index contributed by atoms with van der Waals surface area (Å²) in [6, 6.07) is 8.74. The van der Waals surface area contributed by atoms with Crippen LogP contribution in [-0.4, -0.2) is 49.0 Å². The van der Waals surface area contributed by atoms with Gasteiger partial charge in [0, 0.05) is 31.8 Å². The molecule has 7 nitrogen and oxygen atoms in total. The Hall–Kier alpha value is -2.67. The largest absolute Gasteiger partial charge is 0.378 e. The molecule has 0 unspecified atom stereocenters. The molecule has 0 saturated carbocycles. The number of hydrogen-bond donors (Lipinski definition) is 1. The first-order chi connectivity index (χ1) is 11.7. The molecule has 0 radical (unpaired) electrons. The van der Waals surface area contributed by atoms with Crippen LogP contribution in [0.4, 0.5) is 5.69 Å². The Morgan fingerprint density at radius 3 is 2.58 bits per heavy atom. The molecule has 1 aromatic carbocycles. The molecule has 0 bridgehead atoms. The van der Waals surface area contributed by atoms with Crippen molar-refractivity contribution in [3.8, 4) is 0 Å². The van der Waals surface area contributed by atoms with E-state index >= 15 is 0 Å². The van der Waals surface area contributed by atoms with Gasteiger partial charge in [0.25, 0.3) is 11.5 Å². The highest BCUT2D eigenvalue weighted by Gasteiger charge is 2.13. The van der Waals surface area contributed by atoms with Gasteiger partial charge in [-0.05, 0) is 17.7 Å². The van der Waals surface area contributed by atoms with Gasteiger partial charge in [-0.3, -0.25) is 9.59 Å². The quantitative estimate of drug-likeness (QED) is 0.884. The second-order valence-corrected chi connectivity index (χ2v) is 5.59. The predicted molar refractivity (Wildman–Crippen MR) is 90.5 cm³/mol. The Morgan fingerprint density at radius 2 is 1.96 bits per heavy atom. The summed E-state index contributed by atoms with van der Waals surface area (Å²) in [6.45, 7) is 3.25. The van der Waals surface area contributed by atoms with Gasteiger partial charge < -0.3 is 15.0 Å². The smallest absolute Gasteiger partial charge is 0.269 e. The lowest BCUT2D eigenvalue weighted by molar-refractivity contribution is 0.0963. The number of carbonyl (C=O) groups excluding carboxylic acids is 1. The van der Waals surface area contributed by atoms with Crippen LogP contribution in [0.25, 0.3) is 0 Å². The summed E-state index contributed by atoms with van der Waals surface area (Å²) in [7, 11) is 1.59. The zero-order valence-electron chi connectivity index (χ0n) is 13.6. The Morgan fingerprint density at radius 1 is 1.25 bits per heavy atom. The summed E-state index contributed by atoms with van der Waals surface area (Å²) in [4.78, 5) is 25.9. The number of aromatic nitrogens is 2. The maximum atomic E-state index is 12.3. The van der Waals surface area contributed by atoms with Crippen LogP contribution in [-0.2, 0) is 11.3 Å². The number of ether oxygens (including phenoxy) is 1. The number of hydrogen-bond acceptors (Lipinski definition) is 5. The van der Waals surface area contributed by atoms with Crippen LogP contribution >= 0.6 is 0 Å². The highest BCUT2D eigenvalue weighted by atomic mass is 16.5. The fourth-order valence-corrected chi connectivity index (χ4v) is 2.62. The maximum absolute atomic E-state index is 12.3. The number of rotatable bonds is 4. The zero-order valence-corrected chi connectivity index (χ0v) is 13.6. The van der Waals surface area contributed by atoms with E-state index in [1.807, 2.05) is 12.1 Å². The van der Waals surface area contributed by atoms with Crippen LogP contribution in [0.3, 0.4) is 0 Å². The van der Waals surface area contributed by atoms with Crippen LogP contribution in [0.15, 0.2) is 41.3 Å². The molecule has 7 heteroatoms. The van der Waals surface area contributed by atoms with E-state index in [4.69, 9.17) is 4.74 Å². The molecule has 0 atom stereocenters. The number of carbonyl (C=O) groups is 1. The number of morpholine rings is 1. The molecular formula is C17H20N4O3. The van der Waals surface area contributed by atoms with E-state index in [1.165, 1.54) is 4.68 Å². The minimum Gasteiger partial charge on any atom is -0.378 e. The molecular weight excluding hydrogens is 308 g/mol. The fourth-order valence-electron chi connectivity index (χ4n) is 2.62. The van der Waals surface area contributed by atoms with Crippen molar-refractivity contribution in [2.45, 2.75) is 6.54 Å². The van der Waals surface area contributed by atoms with Gasteiger partial charge >= 0.3 is 0 Å². The molecule has 1 aliphatic rings. The lowest BCUT2D eigenvalue weighted by atomic mass is 10.1. The van der Waals surface area contributed by atoms with Crippen molar-refractivity contribution in [1.29, 1.82) is 0 Å². The molecule has 1 fully saturated rings. The van der Waals surface area contributed by atoms with E-state index in [0.717, 1.165) is 24.3 Å². The average molecular weight is 328 g/mol. The van der Waals surface area contributed by atoms with Gasteiger partial charge in [0.2, 0.25) is 0 Å². The topological polar surface area (TPSA) is 76.5 Å². The van der Waals surface area contributed by atoms with Crippen molar-refractivity contribution in [3.63, 3.8) is 0 Å². The summed E-state index contributed by atoms with van der Waals surface area (Å²) in [6.07, 6.45) is 1.71. The second-order valence-electron chi connectivity index (χ2n) is 5.59. The lowest BCUT2D eigenvalue weighted by Gasteiger charge is -2.28. The molecule has 1 aliphatic heterocycles. The van der Waals surface area contributed by atoms with Gasteiger partial charge in [-0.2, -0.15) is 5.10 Å². The van der Waals surface area contributed by atoms with Gasteiger partial charge in [-0.1, -0.05) is 12.1 Å². The zero-order chi connectivity index (χ0) is 16.9. The molecule has 1 saturated heterocycles. The van der Waals surface area contributed by atoms with Crippen LogP contribution in [0, 0.1) is 0 Å². The molecule has 1 N–H and O–H groups in total. The molecule has 0 aliphatic carbocycles. The molecule has 2 aromatic rings. The first-order valence-corrected chi connectivity index (χ1v) is 7.88. The third-order valence-corrected chi connectivity index (χ3v) is 4.01. The van der Waals surface area contributed by atoms with Gasteiger partial charge in [0.1, 0.15) is 0 Å².